The molecule has 124 valence electrons. The Hall–Kier alpha value is -2.47. The van der Waals surface area contributed by atoms with Gasteiger partial charge in [-0.15, -0.1) is 0 Å². The Morgan fingerprint density at radius 1 is 0.957 bits per heavy atom. The summed E-state index contributed by atoms with van der Waals surface area (Å²) in [5, 5.41) is 3.31. The maximum absolute atomic E-state index is 5.53. The fraction of sp³-hybridized carbons (Fsp3) is 0.353. The third-order valence-corrected chi connectivity index (χ3v) is 3.27. The Bertz CT molecular complexity index is 605. The Morgan fingerprint density at radius 2 is 1.70 bits per heavy atom. The molecule has 0 aliphatic heterocycles. The summed E-state index contributed by atoms with van der Waals surface area (Å²) in [5.74, 6) is 2.69. The number of nitrogens with zero attached hydrogens (tertiary/aromatic N) is 1. The molecule has 6 nitrogen and oxygen atoms in total. The van der Waals surface area contributed by atoms with Crippen LogP contribution in [0.1, 0.15) is 5.56 Å². The van der Waals surface area contributed by atoms with E-state index in [0.29, 0.717) is 37.1 Å². The molecule has 0 spiro atoms. The zero-order valence-corrected chi connectivity index (χ0v) is 13.7. The van der Waals surface area contributed by atoms with Crippen LogP contribution in [0, 0.1) is 0 Å². The number of nitrogens with one attached hydrogen (secondary N) is 1. The van der Waals surface area contributed by atoms with Gasteiger partial charge in [0.25, 0.3) is 0 Å². The molecular formula is C17H22N2O4. The largest absolute Gasteiger partial charge is 0.496 e. The van der Waals surface area contributed by atoms with Crippen molar-refractivity contribution in [3.8, 4) is 23.1 Å². The van der Waals surface area contributed by atoms with Crippen LogP contribution < -0.4 is 24.3 Å². The Morgan fingerprint density at radius 3 is 2.35 bits per heavy atom. The van der Waals surface area contributed by atoms with Crippen LogP contribution >= 0.6 is 0 Å². The van der Waals surface area contributed by atoms with Gasteiger partial charge in [0.05, 0.1) is 21.3 Å². The molecule has 0 bridgehead atoms. The predicted octanol–water partition coefficient (Wildman–Crippen LogP) is 2.28. The third-order valence-electron chi connectivity index (χ3n) is 3.27. The van der Waals surface area contributed by atoms with Crippen LogP contribution in [0.5, 0.6) is 23.1 Å². The van der Waals surface area contributed by atoms with Gasteiger partial charge in [0, 0.05) is 37.0 Å². The first-order valence-electron chi connectivity index (χ1n) is 7.32. The summed E-state index contributed by atoms with van der Waals surface area (Å²) in [6.07, 6.45) is 1.71. The molecule has 1 heterocycles. The van der Waals surface area contributed by atoms with Crippen LogP contribution in [0.25, 0.3) is 0 Å². The molecule has 6 heteroatoms. The van der Waals surface area contributed by atoms with E-state index in [1.54, 1.807) is 27.5 Å². The normalized spacial score (nSPS) is 10.2. The molecule has 1 aromatic carbocycles. The number of hydrogen-bond acceptors (Lipinski definition) is 6. The second-order valence-corrected chi connectivity index (χ2v) is 4.71. The highest BCUT2D eigenvalue weighted by atomic mass is 16.5. The van der Waals surface area contributed by atoms with E-state index in [-0.39, 0.29) is 0 Å². The predicted molar refractivity (Wildman–Crippen MR) is 87.5 cm³/mol. The van der Waals surface area contributed by atoms with E-state index in [2.05, 4.69) is 10.3 Å². The van der Waals surface area contributed by atoms with Crippen molar-refractivity contribution < 1.29 is 18.9 Å². The van der Waals surface area contributed by atoms with Crippen molar-refractivity contribution in [1.82, 2.24) is 10.3 Å². The van der Waals surface area contributed by atoms with Crippen LogP contribution in [0.2, 0.25) is 0 Å². The van der Waals surface area contributed by atoms with Crippen LogP contribution in [0.3, 0.4) is 0 Å². The van der Waals surface area contributed by atoms with E-state index in [0.717, 1.165) is 11.3 Å². The maximum atomic E-state index is 5.53. The van der Waals surface area contributed by atoms with Gasteiger partial charge in [0.15, 0.2) is 11.5 Å². The van der Waals surface area contributed by atoms with Crippen molar-refractivity contribution in [1.29, 1.82) is 0 Å². The maximum Gasteiger partial charge on any atom is 0.213 e. The highest BCUT2D eigenvalue weighted by Gasteiger charge is 2.11. The van der Waals surface area contributed by atoms with E-state index >= 15 is 0 Å². The first-order chi connectivity index (χ1) is 11.3. The zero-order valence-electron chi connectivity index (χ0n) is 13.7. The first-order valence-corrected chi connectivity index (χ1v) is 7.32. The molecule has 2 aromatic rings. The lowest BCUT2D eigenvalue weighted by molar-refractivity contribution is 0.301. The van der Waals surface area contributed by atoms with Gasteiger partial charge in [-0.2, -0.15) is 0 Å². The van der Waals surface area contributed by atoms with E-state index in [1.165, 1.54) is 0 Å². The van der Waals surface area contributed by atoms with Crippen molar-refractivity contribution >= 4 is 0 Å². The van der Waals surface area contributed by atoms with Gasteiger partial charge >= 0.3 is 0 Å². The standard InChI is InChI=1S/C17H22N2O4/c1-20-14-11-16(22-3)15(21-2)10-13(14)12-18-8-9-23-17-6-4-5-7-19-17/h4-7,10-11,18H,8-9,12H2,1-3H3. The van der Waals surface area contributed by atoms with Gasteiger partial charge < -0.3 is 24.3 Å². The molecule has 0 aliphatic carbocycles. The highest BCUT2D eigenvalue weighted by molar-refractivity contribution is 5.50. The number of ether oxygens (including phenoxy) is 4. The lowest BCUT2D eigenvalue weighted by Crippen LogP contribution is -2.21. The summed E-state index contributed by atoms with van der Waals surface area (Å²) in [6.45, 7) is 1.86. The Labute approximate surface area is 136 Å². The second-order valence-electron chi connectivity index (χ2n) is 4.71. The summed E-state index contributed by atoms with van der Waals surface area (Å²) in [5.41, 5.74) is 0.989. The number of aromatic nitrogens is 1. The van der Waals surface area contributed by atoms with Crippen molar-refractivity contribution in [2.75, 3.05) is 34.5 Å². The van der Waals surface area contributed by atoms with Gasteiger partial charge in [0.1, 0.15) is 12.4 Å². The van der Waals surface area contributed by atoms with Crippen molar-refractivity contribution in [3.05, 3.63) is 42.1 Å². The van der Waals surface area contributed by atoms with Gasteiger partial charge in [0.2, 0.25) is 5.88 Å². The number of rotatable bonds is 9. The Balaban J connectivity index is 1.87. The monoisotopic (exact) mass is 318 g/mol. The van der Waals surface area contributed by atoms with Crippen molar-refractivity contribution in [2.24, 2.45) is 0 Å². The van der Waals surface area contributed by atoms with Crippen LogP contribution in [-0.4, -0.2) is 39.5 Å². The summed E-state index contributed by atoms with van der Waals surface area (Å²) < 4.78 is 21.5. The quantitative estimate of drug-likeness (QED) is 0.716. The van der Waals surface area contributed by atoms with Crippen molar-refractivity contribution in [2.45, 2.75) is 6.54 Å². The number of pyridine rings is 1. The molecule has 0 saturated heterocycles. The minimum absolute atomic E-state index is 0.534. The van der Waals surface area contributed by atoms with Gasteiger partial charge in [-0.25, -0.2) is 4.98 Å². The summed E-state index contributed by atoms with van der Waals surface area (Å²) in [7, 11) is 4.85. The molecule has 0 amide bonds. The molecule has 0 fully saturated rings. The number of benzene rings is 1. The zero-order chi connectivity index (χ0) is 16.5. The number of hydrogen-bond donors (Lipinski definition) is 1. The van der Waals surface area contributed by atoms with E-state index in [4.69, 9.17) is 18.9 Å². The topological polar surface area (TPSA) is 61.8 Å². The smallest absolute Gasteiger partial charge is 0.213 e. The summed E-state index contributed by atoms with van der Waals surface area (Å²) in [6, 6.07) is 9.31. The molecule has 1 aromatic heterocycles. The SMILES string of the molecule is COc1cc(OC)c(OC)cc1CNCCOc1ccccn1. The molecule has 0 radical (unpaired) electrons. The number of methoxy groups -OCH3 is 3. The van der Waals surface area contributed by atoms with Gasteiger partial charge in [-0.1, -0.05) is 6.07 Å². The molecule has 0 saturated carbocycles. The molecular weight excluding hydrogens is 296 g/mol. The van der Waals surface area contributed by atoms with E-state index < -0.39 is 0 Å². The average molecular weight is 318 g/mol. The average Bonchev–Trinajstić information content (AvgIpc) is 2.61. The molecule has 0 atom stereocenters. The fourth-order valence-electron chi connectivity index (χ4n) is 2.11. The van der Waals surface area contributed by atoms with Gasteiger partial charge in [-0.3, -0.25) is 0 Å². The first kappa shape index (κ1) is 16.9. The third kappa shape index (κ3) is 4.75. The molecule has 0 aliphatic rings. The second kappa shape index (κ2) is 8.85. The van der Waals surface area contributed by atoms with Gasteiger partial charge in [-0.05, 0) is 12.1 Å². The summed E-state index contributed by atoms with van der Waals surface area (Å²) >= 11 is 0. The molecule has 23 heavy (non-hydrogen) atoms. The van der Waals surface area contributed by atoms with E-state index in [1.807, 2.05) is 30.3 Å². The van der Waals surface area contributed by atoms with Crippen LogP contribution in [-0.2, 0) is 6.54 Å². The minimum Gasteiger partial charge on any atom is -0.496 e. The Kier molecular flexibility index (Phi) is 6.50. The minimum atomic E-state index is 0.534. The highest BCUT2D eigenvalue weighted by Crippen LogP contribution is 2.34. The van der Waals surface area contributed by atoms with Crippen LogP contribution in [0.4, 0.5) is 0 Å². The lowest BCUT2D eigenvalue weighted by atomic mass is 10.1. The molecule has 1 N–H and O–H groups in total. The fourth-order valence-corrected chi connectivity index (χ4v) is 2.11. The lowest BCUT2D eigenvalue weighted by Gasteiger charge is -2.14. The summed E-state index contributed by atoms with van der Waals surface area (Å²) in [4.78, 5) is 4.10. The van der Waals surface area contributed by atoms with Crippen molar-refractivity contribution in [3.63, 3.8) is 0 Å². The van der Waals surface area contributed by atoms with E-state index in [9.17, 15) is 0 Å². The van der Waals surface area contributed by atoms with Crippen LogP contribution in [0.15, 0.2) is 36.5 Å². The molecule has 2 rings (SSSR count). The molecule has 0 unspecified atom stereocenters.